The second-order valence-corrected chi connectivity index (χ2v) is 4.56. The van der Waals surface area contributed by atoms with Crippen LogP contribution in [0.2, 0.25) is 0 Å². The summed E-state index contributed by atoms with van der Waals surface area (Å²) in [4.78, 5) is 2.22. The maximum Gasteiger partial charge on any atom is 0.203 e. The molecule has 1 heterocycles. The highest BCUT2D eigenvalue weighted by atomic mass is 16.7. The van der Waals surface area contributed by atoms with Crippen LogP contribution in [0, 0.1) is 0 Å². The third-order valence-corrected chi connectivity index (χ3v) is 3.39. The maximum atomic E-state index is 5.82. The van der Waals surface area contributed by atoms with Crippen molar-refractivity contribution in [3.63, 3.8) is 0 Å². The van der Waals surface area contributed by atoms with E-state index in [1.54, 1.807) is 14.2 Å². The van der Waals surface area contributed by atoms with Crippen molar-refractivity contribution in [3.8, 4) is 0 Å². The molecule has 0 saturated carbocycles. The van der Waals surface area contributed by atoms with E-state index in [0.717, 1.165) is 18.7 Å². The second-order valence-electron chi connectivity index (χ2n) is 4.56. The van der Waals surface area contributed by atoms with E-state index in [0.29, 0.717) is 0 Å². The van der Waals surface area contributed by atoms with Crippen LogP contribution < -0.4 is 10.6 Å². The van der Waals surface area contributed by atoms with Crippen LogP contribution in [0.15, 0.2) is 24.3 Å². The van der Waals surface area contributed by atoms with E-state index in [-0.39, 0.29) is 6.04 Å². The molecule has 0 aliphatic carbocycles. The Labute approximate surface area is 102 Å². The van der Waals surface area contributed by atoms with Crippen molar-refractivity contribution in [3.05, 3.63) is 29.8 Å². The Morgan fingerprint density at radius 2 is 1.71 bits per heavy atom. The lowest BCUT2D eigenvalue weighted by atomic mass is 10.0. The average molecular weight is 236 g/mol. The Bertz CT molecular complexity index is 364. The van der Waals surface area contributed by atoms with Gasteiger partial charge in [-0.15, -0.1) is 0 Å². The predicted octanol–water partition coefficient (Wildman–Crippen LogP) is 1.52. The third-order valence-electron chi connectivity index (χ3n) is 3.39. The van der Waals surface area contributed by atoms with Gasteiger partial charge in [0.2, 0.25) is 5.79 Å². The molecule has 1 aliphatic heterocycles. The zero-order chi connectivity index (χ0) is 12.5. The van der Waals surface area contributed by atoms with Gasteiger partial charge in [-0.25, -0.2) is 0 Å². The number of benzene rings is 1. The molecule has 0 radical (unpaired) electrons. The van der Waals surface area contributed by atoms with Gasteiger partial charge in [-0.2, -0.15) is 0 Å². The number of nitrogens with zero attached hydrogens (tertiary/aromatic N) is 1. The van der Waals surface area contributed by atoms with Gasteiger partial charge >= 0.3 is 0 Å². The number of anilines is 1. The molecule has 1 aliphatic rings. The molecule has 1 aromatic rings. The molecule has 4 nitrogen and oxygen atoms in total. The Hall–Kier alpha value is -1.10. The first-order valence-electron chi connectivity index (χ1n) is 5.81. The molecule has 0 bridgehead atoms. The number of rotatable bonds is 4. The van der Waals surface area contributed by atoms with E-state index in [9.17, 15) is 0 Å². The molecule has 1 atom stereocenters. The summed E-state index contributed by atoms with van der Waals surface area (Å²) in [5, 5.41) is 0. The zero-order valence-electron chi connectivity index (χ0n) is 10.6. The van der Waals surface area contributed by atoms with Crippen molar-refractivity contribution in [1.29, 1.82) is 0 Å². The van der Waals surface area contributed by atoms with Gasteiger partial charge in [-0.3, -0.25) is 0 Å². The van der Waals surface area contributed by atoms with Crippen LogP contribution in [-0.2, 0) is 9.47 Å². The summed E-state index contributed by atoms with van der Waals surface area (Å²) in [6, 6.07) is 8.40. The van der Waals surface area contributed by atoms with Crippen LogP contribution in [0.5, 0.6) is 0 Å². The third kappa shape index (κ3) is 2.29. The van der Waals surface area contributed by atoms with Gasteiger partial charge in [0.25, 0.3) is 0 Å². The summed E-state index contributed by atoms with van der Waals surface area (Å²) in [5.41, 5.74) is 8.15. The normalized spacial score (nSPS) is 19.9. The van der Waals surface area contributed by atoms with Crippen LogP contribution in [0.25, 0.3) is 0 Å². The Balaban J connectivity index is 2.02. The first-order chi connectivity index (χ1) is 8.10. The fourth-order valence-electron chi connectivity index (χ4n) is 2.05. The molecule has 94 valence electrons. The first kappa shape index (κ1) is 12.4. The molecule has 2 rings (SSSR count). The molecule has 0 amide bonds. The van der Waals surface area contributed by atoms with Crippen LogP contribution in [0.1, 0.15) is 18.5 Å². The molecule has 1 saturated heterocycles. The highest BCUT2D eigenvalue weighted by Gasteiger charge is 2.43. The first-order valence-corrected chi connectivity index (χ1v) is 5.81. The molecule has 1 aromatic carbocycles. The molecule has 0 spiro atoms. The highest BCUT2D eigenvalue weighted by Crippen LogP contribution is 2.31. The van der Waals surface area contributed by atoms with Crippen molar-refractivity contribution in [2.75, 3.05) is 32.2 Å². The summed E-state index contributed by atoms with van der Waals surface area (Å²) >= 11 is 0. The standard InChI is InChI=1S/C13H20N2O2/c1-10(14)11-4-6-12(7-5-11)15-8-13(9-15,16-2)17-3/h4-7,10H,8-9,14H2,1-3H3. The van der Waals surface area contributed by atoms with Gasteiger partial charge in [0.05, 0.1) is 13.1 Å². The lowest BCUT2D eigenvalue weighted by Crippen LogP contribution is -2.64. The predicted molar refractivity (Wildman–Crippen MR) is 68.0 cm³/mol. The summed E-state index contributed by atoms with van der Waals surface area (Å²) in [7, 11) is 3.36. The molecular weight excluding hydrogens is 216 g/mol. The SMILES string of the molecule is COC1(OC)CN(c2ccc(C(C)N)cc2)C1. The monoisotopic (exact) mass is 236 g/mol. The molecule has 0 aromatic heterocycles. The Morgan fingerprint density at radius 1 is 1.18 bits per heavy atom. The topological polar surface area (TPSA) is 47.7 Å². The van der Waals surface area contributed by atoms with Crippen LogP contribution in [-0.4, -0.2) is 33.1 Å². The molecule has 2 N–H and O–H groups in total. The van der Waals surface area contributed by atoms with Gasteiger partial charge in [-0.1, -0.05) is 12.1 Å². The van der Waals surface area contributed by atoms with E-state index in [1.165, 1.54) is 5.69 Å². The molecule has 17 heavy (non-hydrogen) atoms. The lowest BCUT2D eigenvalue weighted by molar-refractivity contribution is -0.219. The van der Waals surface area contributed by atoms with Crippen LogP contribution in [0.3, 0.4) is 0 Å². The number of hydrogen-bond donors (Lipinski definition) is 1. The van der Waals surface area contributed by atoms with Crippen molar-refractivity contribution < 1.29 is 9.47 Å². The summed E-state index contributed by atoms with van der Waals surface area (Å²) in [6.45, 7) is 3.51. The summed E-state index contributed by atoms with van der Waals surface area (Å²) in [5.74, 6) is -0.431. The number of ether oxygens (including phenoxy) is 2. The quantitative estimate of drug-likeness (QED) is 0.805. The van der Waals surface area contributed by atoms with Gasteiger partial charge in [0.15, 0.2) is 0 Å². The smallest absolute Gasteiger partial charge is 0.203 e. The minimum absolute atomic E-state index is 0.0810. The lowest BCUT2D eigenvalue weighted by Gasteiger charge is -2.48. The number of hydrogen-bond acceptors (Lipinski definition) is 4. The Morgan fingerprint density at radius 3 is 2.12 bits per heavy atom. The van der Waals surface area contributed by atoms with Gasteiger partial charge < -0.3 is 20.1 Å². The van der Waals surface area contributed by atoms with E-state index in [2.05, 4.69) is 29.2 Å². The van der Waals surface area contributed by atoms with E-state index < -0.39 is 5.79 Å². The van der Waals surface area contributed by atoms with Crippen molar-refractivity contribution in [1.82, 2.24) is 0 Å². The zero-order valence-corrected chi connectivity index (χ0v) is 10.6. The van der Waals surface area contributed by atoms with Gasteiger partial charge in [0, 0.05) is 25.9 Å². The maximum absolute atomic E-state index is 5.82. The second kappa shape index (κ2) is 4.64. The summed E-state index contributed by atoms with van der Waals surface area (Å²) in [6.07, 6.45) is 0. The highest BCUT2D eigenvalue weighted by molar-refractivity contribution is 5.51. The molecule has 1 fully saturated rings. The fraction of sp³-hybridized carbons (Fsp3) is 0.538. The molecular formula is C13H20N2O2. The minimum atomic E-state index is -0.431. The molecule has 4 heteroatoms. The molecule has 1 unspecified atom stereocenters. The Kier molecular flexibility index (Phi) is 3.38. The number of nitrogens with two attached hydrogens (primary N) is 1. The van der Waals surface area contributed by atoms with E-state index in [1.807, 2.05) is 6.92 Å². The van der Waals surface area contributed by atoms with Crippen molar-refractivity contribution in [2.45, 2.75) is 18.8 Å². The summed E-state index contributed by atoms with van der Waals surface area (Å²) < 4.78 is 10.7. The van der Waals surface area contributed by atoms with Gasteiger partial charge in [0.1, 0.15) is 0 Å². The van der Waals surface area contributed by atoms with E-state index in [4.69, 9.17) is 15.2 Å². The fourth-order valence-corrected chi connectivity index (χ4v) is 2.05. The van der Waals surface area contributed by atoms with Crippen molar-refractivity contribution >= 4 is 5.69 Å². The van der Waals surface area contributed by atoms with Gasteiger partial charge in [-0.05, 0) is 24.6 Å². The van der Waals surface area contributed by atoms with Crippen molar-refractivity contribution in [2.24, 2.45) is 5.73 Å². The van der Waals surface area contributed by atoms with Crippen LogP contribution >= 0.6 is 0 Å². The van der Waals surface area contributed by atoms with E-state index >= 15 is 0 Å². The minimum Gasteiger partial charge on any atom is -0.361 e. The van der Waals surface area contributed by atoms with Crippen LogP contribution in [0.4, 0.5) is 5.69 Å². The number of methoxy groups -OCH3 is 2. The average Bonchev–Trinajstić information content (AvgIpc) is 2.29. The largest absolute Gasteiger partial charge is 0.361 e.